The molecule has 4 aromatic rings. The third kappa shape index (κ3) is 6.07. The standard InChI is InChI=1S/C32H37N5O3/c1-6-23-13-18-27-28(21-23)37(32(40)33-3)31(39)29(27)30(24-11-8-7-9-12-24)34-25-14-16-26(17-15-25)36(22(2)38)20-10-19-35(4)5/h7-9,11-18,21,39H,6,10,19-20H2,1-5H3,(H,33,40). The quantitative estimate of drug-likeness (QED) is 0.272. The Morgan fingerprint density at radius 3 is 2.27 bits per heavy atom. The molecule has 1 aromatic heterocycles. The van der Waals surface area contributed by atoms with Crippen molar-refractivity contribution in [2.45, 2.75) is 26.7 Å². The van der Waals surface area contributed by atoms with Gasteiger partial charge in [0, 0.05) is 37.2 Å². The SMILES string of the molecule is CCc1ccc2c(C(=Nc3ccc(N(CCCN(C)C)C(C)=O)cc3)c3ccccc3)c(O)n(C(=O)NC)c2c1. The van der Waals surface area contributed by atoms with E-state index in [4.69, 9.17) is 4.99 Å². The van der Waals surface area contributed by atoms with Crippen LogP contribution in [0.15, 0.2) is 77.8 Å². The summed E-state index contributed by atoms with van der Waals surface area (Å²) in [5, 5.41) is 14.8. The third-order valence-corrected chi connectivity index (χ3v) is 6.89. The van der Waals surface area contributed by atoms with Crippen LogP contribution in [0.1, 0.15) is 37.0 Å². The largest absolute Gasteiger partial charge is 0.494 e. The molecule has 40 heavy (non-hydrogen) atoms. The molecule has 0 atom stereocenters. The lowest BCUT2D eigenvalue weighted by Gasteiger charge is -2.22. The maximum absolute atomic E-state index is 12.9. The lowest BCUT2D eigenvalue weighted by atomic mass is 10.00. The van der Waals surface area contributed by atoms with Gasteiger partial charge < -0.3 is 20.2 Å². The smallest absolute Gasteiger partial charge is 0.328 e. The number of hydrogen-bond donors (Lipinski definition) is 2. The van der Waals surface area contributed by atoms with E-state index < -0.39 is 6.03 Å². The van der Waals surface area contributed by atoms with Gasteiger partial charge >= 0.3 is 6.03 Å². The minimum atomic E-state index is -0.433. The van der Waals surface area contributed by atoms with Gasteiger partial charge in [-0.3, -0.25) is 4.79 Å². The maximum atomic E-state index is 12.9. The fourth-order valence-corrected chi connectivity index (χ4v) is 4.80. The number of carbonyl (C=O) groups excluding carboxylic acids is 2. The van der Waals surface area contributed by atoms with Crippen molar-refractivity contribution in [1.82, 2.24) is 14.8 Å². The molecule has 0 saturated carbocycles. The van der Waals surface area contributed by atoms with Crippen molar-refractivity contribution < 1.29 is 14.7 Å². The highest BCUT2D eigenvalue weighted by molar-refractivity contribution is 6.23. The number of fused-ring (bicyclic) bond motifs is 1. The van der Waals surface area contributed by atoms with Crippen molar-refractivity contribution >= 4 is 39.9 Å². The van der Waals surface area contributed by atoms with E-state index in [2.05, 4.69) is 10.2 Å². The minimum absolute atomic E-state index is 0.0154. The molecule has 0 aliphatic carbocycles. The second-order valence-corrected chi connectivity index (χ2v) is 9.96. The summed E-state index contributed by atoms with van der Waals surface area (Å²) in [7, 11) is 5.57. The van der Waals surface area contributed by atoms with E-state index in [1.165, 1.54) is 11.6 Å². The summed E-state index contributed by atoms with van der Waals surface area (Å²) < 4.78 is 1.30. The molecule has 0 fully saturated rings. The number of aliphatic imine (C=N–C) groups is 1. The first-order valence-electron chi connectivity index (χ1n) is 13.5. The molecular formula is C32H37N5O3. The molecule has 0 aliphatic rings. The van der Waals surface area contributed by atoms with E-state index >= 15 is 0 Å². The number of amides is 2. The fourth-order valence-electron chi connectivity index (χ4n) is 4.80. The molecule has 8 nitrogen and oxygen atoms in total. The topological polar surface area (TPSA) is 90.2 Å². The molecule has 4 rings (SSSR count). The van der Waals surface area contributed by atoms with Crippen LogP contribution in [-0.2, 0) is 11.2 Å². The molecular weight excluding hydrogens is 502 g/mol. The molecule has 208 valence electrons. The molecule has 0 saturated heterocycles. The predicted molar refractivity (Wildman–Crippen MR) is 162 cm³/mol. The third-order valence-electron chi connectivity index (χ3n) is 6.89. The zero-order chi connectivity index (χ0) is 28.8. The molecule has 0 radical (unpaired) electrons. The summed E-state index contributed by atoms with van der Waals surface area (Å²) in [4.78, 5) is 34.1. The van der Waals surface area contributed by atoms with Crippen LogP contribution < -0.4 is 10.2 Å². The van der Waals surface area contributed by atoms with E-state index in [-0.39, 0.29) is 11.8 Å². The lowest BCUT2D eigenvalue weighted by Crippen LogP contribution is -2.31. The number of aromatic hydroxyl groups is 1. The van der Waals surface area contributed by atoms with Crippen LogP contribution in [-0.4, -0.2) is 66.5 Å². The molecule has 3 aromatic carbocycles. The van der Waals surface area contributed by atoms with Crippen LogP contribution in [0.4, 0.5) is 16.2 Å². The highest BCUT2D eigenvalue weighted by Crippen LogP contribution is 2.35. The first kappa shape index (κ1) is 28.6. The van der Waals surface area contributed by atoms with Crippen molar-refractivity contribution in [3.8, 4) is 5.88 Å². The Morgan fingerprint density at radius 1 is 0.975 bits per heavy atom. The monoisotopic (exact) mass is 539 g/mol. The second-order valence-electron chi connectivity index (χ2n) is 9.96. The first-order chi connectivity index (χ1) is 19.2. The zero-order valence-electron chi connectivity index (χ0n) is 23.8. The first-order valence-corrected chi connectivity index (χ1v) is 13.5. The van der Waals surface area contributed by atoms with Gasteiger partial charge in [0.15, 0.2) is 0 Å². The molecule has 0 aliphatic heterocycles. The summed E-state index contributed by atoms with van der Waals surface area (Å²) in [6, 6.07) is 22.5. The second kappa shape index (κ2) is 12.6. The number of aromatic nitrogens is 1. The van der Waals surface area contributed by atoms with Crippen LogP contribution in [0.2, 0.25) is 0 Å². The average molecular weight is 540 g/mol. The van der Waals surface area contributed by atoms with Crippen LogP contribution in [0, 0.1) is 0 Å². The fraction of sp³-hybridized carbons (Fsp3) is 0.281. The van der Waals surface area contributed by atoms with Gasteiger partial charge in [-0.15, -0.1) is 0 Å². The van der Waals surface area contributed by atoms with Gasteiger partial charge in [-0.2, -0.15) is 0 Å². The van der Waals surface area contributed by atoms with Crippen LogP contribution in [0.25, 0.3) is 10.9 Å². The molecule has 8 heteroatoms. The number of carbonyl (C=O) groups is 2. The van der Waals surface area contributed by atoms with Crippen molar-refractivity contribution in [3.05, 3.63) is 89.5 Å². The van der Waals surface area contributed by atoms with E-state index in [1.807, 2.05) is 93.8 Å². The number of anilines is 1. The Labute approximate surface area is 235 Å². The number of benzene rings is 3. The molecule has 0 unspecified atom stereocenters. The normalized spacial score (nSPS) is 11.7. The summed E-state index contributed by atoms with van der Waals surface area (Å²) in [6.07, 6.45) is 1.66. The minimum Gasteiger partial charge on any atom is -0.494 e. The van der Waals surface area contributed by atoms with Gasteiger partial charge in [0.25, 0.3) is 0 Å². The Hall–Kier alpha value is -4.43. The summed E-state index contributed by atoms with van der Waals surface area (Å²) in [5.74, 6) is -0.191. The number of nitrogens with one attached hydrogen (secondary N) is 1. The van der Waals surface area contributed by atoms with E-state index in [0.717, 1.165) is 41.6 Å². The summed E-state index contributed by atoms with van der Waals surface area (Å²) in [6.45, 7) is 5.13. The zero-order valence-corrected chi connectivity index (χ0v) is 23.8. The molecule has 1 heterocycles. The lowest BCUT2D eigenvalue weighted by molar-refractivity contribution is -0.116. The van der Waals surface area contributed by atoms with E-state index in [1.54, 1.807) is 11.8 Å². The Balaban J connectivity index is 1.84. The van der Waals surface area contributed by atoms with Gasteiger partial charge in [0.2, 0.25) is 11.8 Å². The van der Waals surface area contributed by atoms with Crippen LogP contribution in [0.5, 0.6) is 5.88 Å². The molecule has 2 amide bonds. The Bertz CT molecular complexity index is 1520. The van der Waals surface area contributed by atoms with Crippen molar-refractivity contribution in [2.24, 2.45) is 4.99 Å². The van der Waals surface area contributed by atoms with Crippen molar-refractivity contribution in [2.75, 3.05) is 39.1 Å². The summed E-state index contributed by atoms with van der Waals surface area (Å²) >= 11 is 0. The summed E-state index contributed by atoms with van der Waals surface area (Å²) in [5.41, 5.74) is 4.94. The van der Waals surface area contributed by atoms with Crippen molar-refractivity contribution in [3.63, 3.8) is 0 Å². The number of hydrogen-bond acceptors (Lipinski definition) is 5. The average Bonchev–Trinajstić information content (AvgIpc) is 3.24. The van der Waals surface area contributed by atoms with Gasteiger partial charge in [-0.05, 0) is 69.4 Å². The Kier molecular flexibility index (Phi) is 9.01. The number of aryl methyl sites for hydroxylation is 1. The van der Waals surface area contributed by atoms with Crippen molar-refractivity contribution in [1.29, 1.82) is 0 Å². The molecule has 2 N–H and O–H groups in total. The maximum Gasteiger partial charge on any atom is 0.328 e. The van der Waals surface area contributed by atoms with E-state index in [0.29, 0.717) is 29.0 Å². The van der Waals surface area contributed by atoms with E-state index in [9.17, 15) is 14.7 Å². The molecule has 0 spiro atoms. The Morgan fingerprint density at radius 2 is 1.68 bits per heavy atom. The van der Waals surface area contributed by atoms with Gasteiger partial charge in [-0.25, -0.2) is 14.4 Å². The highest BCUT2D eigenvalue weighted by atomic mass is 16.3. The van der Waals surface area contributed by atoms with Gasteiger partial charge in [-0.1, -0.05) is 49.4 Å². The predicted octanol–water partition coefficient (Wildman–Crippen LogP) is 5.57. The number of nitrogens with zero attached hydrogens (tertiary/aromatic N) is 4. The van der Waals surface area contributed by atoms with Gasteiger partial charge in [0.05, 0.1) is 22.5 Å². The van der Waals surface area contributed by atoms with Gasteiger partial charge in [0.1, 0.15) is 0 Å². The highest BCUT2D eigenvalue weighted by Gasteiger charge is 2.25. The number of rotatable bonds is 9. The molecule has 0 bridgehead atoms. The van der Waals surface area contributed by atoms with Crippen LogP contribution in [0.3, 0.4) is 0 Å². The van der Waals surface area contributed by atoms with Crippen LogP contribution >= 0.6 is 0 Å².